The van der Waals surface area contributed by atoms with Crippen molar-refractivity contribution in [2.75, 3.05) is 26.2 Å². The lowest BCUT2D eigenvalue weighted by atomic mass is 9.79. The van der Waals surface area contributed by atoms with Gasteiger partial charge in [0.05, 0.1) is 0 Å². The summed E-state index contributed by atoms with van der Waals surface area (Å²) >= 11 is 0. The van der Waals surface area contributed by atoms with Gasteiger partial charge in [-0.15, -0.1) is 0 Å². The van der Waals surface area contributed by atoms with E-state index in [9.17, 15) is 0 Å². The minimum absolute atomic E-state index is 0. The van der Waals surface area contributed by atoms with Crippen LogP contribution in [0.15, 0.2) is 0 Å². The van der Waals surface area contributed by atoms with Crippen LogP contribution in [0, 0.1) is 0 Å². The maximum Gasteiger partial charge on any atom is 0.0333 e. The third kappa shape index (κ3) is 2.78. The molecule has 96 valence electrons. The summed E-state index contributed by atoms with van der Waals surface area (Å²) in [5.41, 5.74) is 0.522. The molecule has 0 aromatic rings. The molecule has 0 atom stereocenters. The van der Waals surface area contributed by atoms with Gasteiger partial charge in [0.1, 0.15) is 0 Å². The summed E-state index contributed by atoms with van der Waals surface area (Å²) in [6.45, 7) is 7.28. The molecule has 1 N–H and O–H groups in total. The van der Waals surface area contributed by atoms with Crippen LogP contribution >= 0.6 is 0 Å². The maximum atomic E-state index is 3.61. The normalized spacial score (nSPS) is 26.8. The average molecular weight is 226 g/mol. The SMILES string of the molecule is CCNCC1(N2CCCCC2)CCCCC1.[HH]. The first-order valence-electron chi connectivity index (χ1n) is 7.33. The van der Waals surface area contributed by atoms with Gasteiger partial charge < -0.3 is 5.32 Å². The molecule has 0 radical (unpaired) electrons. The highest BCUT2D eigenvalue weighted by atomic mass is 15.2. The topological polar surface area (TPSA) is 15.3 Å². The molecule has 2 heteroatoms. The molecule has 0 bridgehead atoms. The summed E-state index contributed by atoms with van der Waals surface area (Å²) < 4.78 is 0. The summed E-state index contributed by atoms with van der Waals surface area (Å²) in [6, 6.07) is 0. The summed E-state index contributed by atoms with van der Waals surface area (Å²) in [7, 11) is 0. The first-order chi connectivity index (χ1) is 7.87. The summed E-state index contributed by atoms with van der Waals surface area (Å²) in [6.07, 6.45) is 11.5. The number of rotatable bonds is 4. The number of likely N-dealkylation sites (N-methyl/N-ethyl adjacent to an activating group) is 1. The van der Waals surface area contributed by atoms with Crippen molar-refractivity contribution in [1.82, 2.24) is 10.2 Å². The lowest BCUT2D eigenvalue weighted by Gasteiger charge is -2.48. The van der Waals surface area contributed by atoms with Crippen LogP contribution in [0.25, 0.3) is 0 Å². The van der Waals surface area contributed by atoms with Gasteiger partial charge in [-0.3, -0.25) is 4.90 Å². The Kier molecular flexibility index (Phi) is 4.66. The van der Waals surface area contributed by atoms with E-state index in [1.807, 2.05) is 0 Å². The molecule has 0 aromatic carbocycles. The fourth-order valence-electron chi connectivity index (χ4n) is 3.54. The van der Waals surface area contributed by atoms with Gasteiger partial charge in [0.25, 0.3) is 0 Å². The second-order valence-corrected chi connectivity index (χ2v) is 5.61. The Hall–Kier alpha value is -0.0800. The van der Waals surface area contributed by atoms with Gasteiger partial charge >= 0.3 is 0 Å². The molecule has 0 spiro atoms. The molecule has 0 aromatic heterocycles. The third-order valence-electron chi connectivity index (χ3n) is 4.52. The Labute approximate surface area is 102 Å². The van der Waals surface area contributed by atoms with Crippen molar-refractivity contribution < 1.29 is 1.43 Å². The van der Waals surface area contributed by atoms with E-state index in [2.05, 4.69) is 17.1 Å². The minimum atomic E-state index is 0. The van der Waals surface area contributed by atoms with Crippen LogP contribution < -0.4 is 5.32 Å². The number of nitrogens with zero attached hydrogens (tertiary/aromatic N) is 1. The van der Waals surface area contributed by atoms with E-state index in [1.165, 1.54) is 71.0 Å². The van der Waals surface area contributed by atoms with Gasteiger partial charge in [0, 0.05) is 13.5 Å². The molecule has 0 amide bonds. The molecule has 1 aliphatic heterocycles. The minimum Gasteiger partial charge on any atom is -0.315 e. The first kappa shape index (κ1) is 12.4. The van der Waals surface area contributed by atoms with Gasteiger partial charge in [-0.05, 0) is 45.3 Å². The van der Waals surface area contributed by atoms with Crippen molar-refractivity contribution in [2.24, 2.45) is 0 Å². The van der Waals surface area contributed by atoms with Crippen LogP contribution in [0.3, 0.4) is 0 Å². The van der Waals surface area contributed by atoms with Crippen molar-refractivity contribution in [2.45, 2.75) is 63.8 Å². The molecular formula is C14H30N2. The van der Waals surface area contributed by atoms with Gasteiger partial charge in [0.15, 0.2) is 0 Å². The molecule has 0 unspecified atom stereocenters. The second-order valence-electron chi connectivity index (χ2n) is 5.61. The summed E-state index contributed by atoms with van der Waals surface area (Å²) in [4.78, 5) is 2.82. The fraction of sp³-hybridized carbons (Fsp3) is 1.00. The van der Waals surface area contributed by atoms with Crippen molar-refractivity contribution in [3.8, 4) is 0 Å². The number of hydrogen-bond donors (Lipinski definition) is 1. The lowest BCUT2D eigenvalue weighted by Crippen LogP contribution is -2.57. The quantitative estimate of drug-likeness (QED) is 0.792. The van der Waals surface area contributed by atoms with Crippen LogP contribution in [0.4, 0.5) is 0 Å². The Morgan fingerprint density at radius 1 is 1.00 bits per heavy atom. The van der Waals surface area contributed by atoms with E-state index in [4.69, 9.17) is 0 Å². The predicted octanol–water partition coefficient (Wildman–Crippen LogP) is 3.03. The van der Waals surface area contributed by atoms with Gasteiger partial charge in [-0.2, -0.15) is 0 Å². The van der Waals surface area contributed by atoms with Gasteiger partial charge in [-0.25, -0.2) is 0 Å². The van der Waals surface area contributed by atoms with Crippen molar-refractivity contribution in [3.63, 3.8) is 0 Å². The largest absolute Gasteiger partial charge is 0.315 e. The van der Waals surface area contributed by atoms with E-state index in [-0.39, 0.29) is 1.43 Å². The third-order valence-corrected chi connectivity index (χ3v) is 4.52. The first-order valence-corrected chi connectivity index (χ1v) is 7.33. The van der Waals surface area contributed by atoms with E-state index < -0.39 is 0 Å². The van der Waals surface area contributed by atoms with Crippen LogP contribution in [0.5, 0.6) is 0 Å². The molecule has 2 aliphatic rings. The Balaban J connectivity index is 0.00000144. The van der Waals surface area contributed by atoms with E-state index in [0.29, 0.717) is 5.54 Å². The zero-order valence-corrected chi connectivity index (χ0v) is 10.9. The van der Waals surface area contributed by atoms with E-state index in [0.717, 1.165) is 6.54 Å². The molecule has 1 aliphatic carbocycles. The van der Waals surface area contributed by atoms with Crippen LogP contribution in [-0.4, -0.2) is 36.6 Å². The molecule has 1 saturated carbocycles. The number of hydrogen-bond acceptors (Lipinski definition) is 2. The Morgan fingerprint density at radius 2 is 1.62 bits per heavy atom. The standard InChI is InChI=1S/C14H28N2.H2/c1-2-15-13-14(9-5-3-6-10-14)16-11-7-4-8-12-16;/h15H,2-13H2,1H3;1H. The van der Waals surface area contributed by atoms with Crippen molar-refractivity contribution >= 4 is 0 Å². The van der Waals surface area contributed by atoms with E-state index in [1.54, 1.807) is 0 Å². The van der Waals surface area contributed by atoms with Crippen LogP contribution in [0.1, 0.15) is 59.7 Å². The molecule has 2 nitrogen and oxygen atoms in total. The molecule has 1 saturated heterocycles. The highest BCUT2D eigenvalue weighted by molar-refractivity contribution is 4.95. The van der Waals surface area contributed by atoms with Crippen molar-refractivity contribution in [1.29, 1.82) is 0 Å². The van der Waals surface area contributed by atoms with Crippen LogP contribution in [-0.2, 0) is 0 Å². The van der Waals surface area contributed by atoms with E-state index >= 15 is 0 Å². The predicted molar refractivity (Wildman–Crippen MR) is 71.9 cm³/mol. The Bertz CT molecular complexity index is 196. The zero-order chi connectivity index (χ0) is 11.3. The summed E-state index contributed by atoms with van der Waals surface area (Å²) in [5.74, 6) is 0. The summed E-state index contributed by atoms with van der Waals surface area (Å²) in [5, 5.41) is 3.61. The van der Waals surface area contributed by atoms with Crippen molar-refractivity contribution in [3.05, 3.63) is 0 Å². The zero-order valence-electron chi connectivity index (χ0n) is 10.9. The Morgan fingerprint density at radius 3 is 2.25 bits per heavy atom. The number of nitrogens with one attached hydrogen (secondary N) is 1. The average Bonchev–Trinajstić information content (AvgIpc) is 2.38. The molecule has 1 heterocycles. The fourth-order valence-corrected chi connectivity index (χ4v) is 3.54. The van der Waals surface area contributed by atoms with Gasteiger partial charge in [-0.1, -0.05) is 32.6 Å². The second kappa shape index (κ2) is 6.02. The van der Waals surface area contributed by atoms with Gasteiger partial charge in [0.2, 0.25) is 0 Å². The highest BCUT2D eigenvalue weighted by Gasteiger charge is 2.37. The molecule has 2 rings (SSSR count). The highest BCUT2D eigenvalue weighted by Crippen LogP contribution is 2.35. The lowest BCUT2D eigenvalue weighted by molar-refractivity contribution is 0.0339. The maximum absolute atomic E-state index is 3.61. The molecule has 16 heavy (non-hydrogen) atoms. The smallest absolute Gasteiger partial charge is 0.0333 e. The van der Waals surface area contributed by atoms with Crippen LogP contribution in [0.2, 0.25) is 0 Å². The number of piperidine rings is 1. The molecule has 2 fully saturated rings. The monoisotopic (exact) mass is 226 g/mol. The molecular weight excluding hydrogens is 196 g/mol. The number of likely N-dealkylation sites (tertiary alicyclic amines) is 1.